The highest BCUT2D eigenvalue weighted by molar-refractivity contribution is 7.09. The molecule has 6 nitrogen and oxygen atoms in total. The molecule has 0 spiro atoms. The van der Waals surface area contributed by atoms with E-state index in [4.69, 9.17) is 11.6 Å². The molecule has 1 aliphatic rings. The van der Waals surface area contributed by atoms with Crippen molar-refractivity contribution >= 4 is 40.0 Å². The molecule has 1 aliphatic heterocycles. The van der Waals surface area contributed by atoms with E-state index in [1.165, 1.54) is 40.9 Å². The molecule has 1 saturated heterocycles. The molecule has 2 aromatic carbocycles. The molecule has 2 heterocycles. The van der Waals surface area contributed by atoms with Gasteiger partial charge in [0.2, 0.25) is 5.13 Å². The van der Waals surface area contributed by atoms with Gasteiger partial charge < -0.3 is 15.1 Å². The molecule has 0 atom stereocenters. The summed E-state index contributed by atoms with van der Waals surface area (Å²) in [5.41, 5.74) is 2.89. The van der Waals surface area contributed by atoms with Gasteiger partial charge in [0, 0.05) is 49.8 Å². The Balaban J connectivity index is 1.31. The third-order valence-corrected chi connectivity index (χ3v) is 6.05. The Kier molecular flexibility index (Phi) is 6.15. The van der Waals surface area contributed by atoms with E-state index in [0.29, 0.717) is 38.3 Å². The first kappa shape index (κ1) is 20.6. The molecule has 3 aromatic rings. The number of carbonyl (C=O) groups is 1. The van der Waals surface area contributed by atoms with Crippen LogP contribution in [-0.2, 0) is 6.42 Å². The number of urea groups is 1. The molecule has 0 aliphatic carbocycles. The lowest BCUT2D eigenvalue weighted by molar-refractivity contribution is 0.208. The summed E-state index contributed by atoms with van der Waals surface area (Å²) < 4.78 is 17.8. The maximum absolute atomic E-state index is 13.3. The van der Waals surface area contributed by atoms with E-state index in [2.05, 4.69) is 50.8 Å². The van der Waals surface area contributed by atoms with Crippen molar-refractivity contribution in [1.29, 1.82) is 0 Å². The van der Waals surface area contributed by atoms with Crippen molar-refractivity contribution in [3.8, 4) is 0 Å². The van der Waals surface area contributed by atoms with Gasteiger partial charge in [-0.3, -0.25) is 0 Å². The van der Waals surface area contributed by atoms with Gasteiger partial charge >= 0.3 is 6.03 Å². The highest BCUT2D eigenvalue weighted by Gasteiger charge is 2.23. The fraction of sp³-hybridized carbons (Fsp3) is 0.286. The Morgan fingerprint density at radius 2 is 1.90 bits per heavy atom. The number of anilines is 2. The summed E-state index contributed by atoms with van der Waals surface area (Å²) in [6.45, 7) is 4.55. The van der Waals surface area contributed by atoms with E-state index < -0.39 is 5.82 Å². The van der Waals surface area contributed by atoms with Crippen molar-refractivity contribution in [2.75, 3.05) is 36.4 Å². The number of nitrogens with zero attached hydrogens (tertiary/aromatic N) is 4. The van der Waals surface area contributed by atoms with Gasteiger partial charge in [-0.15, -0.1) is 0 Å². The number of benzene rings is 2. The van der Waals surface area contributed by atoms with Crippen LogP contribution >= 0.6 is 23.1 Å². The Hall–Kier alpha value is -2.71. The number of rotatable bonds is 4. The molecule has 1 N–H and O–H groups in total. The van der Waals surface area contributed by atoms with Gasteiger partial charge in [0.25, 0.3) is 0 Å². The van der Waals surface area contributed by atoms with Gasteiger partial charge in [-0.1, -0.05) is 41.4 Å². The Bertz CT molecular complexity index is 1030. The van der Waals surface area contributed by atoms with Gasteiger partial charge in [-0.25, -0.2) is 14.2 Å². The van der Waals surface area contributed by atoms with Gasteiger partial charge in [-0.2, -0.15) is 4.37 Å². The third-order valence-electron chi connectivity index (χ3n) is 4.95. The first-order valence-corrected chi connectivity index (χ1v) is 10.8. The fourth-order valence-corrected chi connectivity index (χ4v) is 4.13. The van der Waals surface area contributed by atoms with Gasteiger partial charge in [-0.05, 0) is 30.7 Å². The molecule has 156 valence electrons. The van der Waals surface area contributed by atoms with Crippen LogP contribution in [0, 0.1) is 12.7 Å². The maximum atomic E-state index is 13.3. The highest BCUT2D eigenvalue weighted by Crippen LogP contribution is 2.22. The Morgan fingerprint density at radius 1 is 1.17 bits per heavy atom. The predicted molar refractivity (Wildman–Crippen MR) is 118 cm³/mol. The van der Waals surface area contributed by atoms with Crippen LogP contribution in [-0.4, -0.2) is 46.5 Å². The van der Waals surface area contributed by atoms with Crippen LogP contribution in [0.15, 0.2) is 42.5 Å². The van der Waals surface area contributed by atoms with Crippen molar-refractivity contribution in [1.82, 2.24) is 14.3 Å². The van der Waals surface area contributed by atoms with Crippen LogP contribution in [0.2, 0.25) is 5.02 Å². The van der Waals surface area contributed by atoms with E-state index in [-0.39, 0.29) is 11.1 Å². The number of hydrogen-bond acceptors (Lipinski definition) is 5. The summed E-state index contributed by atoms with van der Waals surface area (Å²) in [6.07, 6.45) is 0.708. The monoisotopic (exact) mass is 445 g/mol. The molecule has 4 rings (SSSR count). The summed E-state index contributed by atoms with van der Waals surface area (Å²) in [5.74, 6) is 0.300. The molecular formula is C21H21ClFN5OS. The summed E-state index contributed by atoms with van der Waals surface area (Å²) in [5, 5.41) is 3.62. The quantitative estimate of drug-likeness (QED) is 0.638. The van der Waals surface area contributed by atoms with E-state index in [9.17, 15) is 9.18 Å². The van der Waals surface area contributed by atoms with Gasteiger partial charge in [0.15, 0.2) is 0 Å². The van der Waals surface area contributed by atoms with Crippen molar-refractivity contribution in [3.05, 3.63) is 70.3 Å². The number of carbonyl (C=O) groups excluding carboxylic acids is 1. The minimum atomic E-state index is -0.512. The largest absolute Gasteiger partial charge is 0.343 e. The smallest absolute Gasteiger partial charge is 0.321 e. The average molecular weight is 446 g/mol. The minimum absolute atomic E-state index is 0.0182. The van der Waals surface area contributed by atoms with Crippen molar-refractivity contribution in [2.24, 2.45) is 0 Å². The fourth-order valence-electron chi connectivity index (χ4n) is 3.21. The molecule has 9 heteroatoms. The van der Waals surface area contributed by atoms with Crippen LogP contribution in [0.25, 0.3) is 0 Å². The molecule has 0 unspecified atom stereocenters. The number of piperazine rings is 1. The van der Waals surface area contributed by atoms with Crippen LogP contribution in [0.5, 0.6) is 0 Å². The third kappa shape index (κ3) is 4.88. The average Bonchev–Trinajstić information content (AvgIpc) is 3.21. The van der Waals surface area contributed by atoms with Crippen molar-refractivity contribution in [3.63, 3.8) is 0 Å². The lowest BCUT2D eigenvalue weighted by Gasteiger charge is -2.34. The Labute approximate surface area is 183 Å². The van der Waals surface area contributed by atoms with Crippen LogP contribution in [0.3, 0.4) is 0 Å². The second-order valence-electron chi connectivity index (χ2n) is 7.19. The predicted octanol–water partition coefficient (Wildman–Crippen LogP) is 4.58. The highest BCUT2D eigenvalue weighted by atomic mass is 35.5. The van der Waals surface area contributed by atoms with Crippen LogP contribution in [0.4, 0.5) is 20.0 Å². The van der Waals surface area contributed by atoms with E-state index >= 15 is 0 Å². The number of halogens is 2. The first-order valence-electron chi connectivity index (χ1n) is 9.62. The molecular weight excluding hydrogens is 425 g/mol. The first-order chi connectivity index (χ1) is 14.5. The molecule has 0 saturated carbocycles. The van der Waals surface area contributed by atoms with E-state index in [1.807, 2.05) is 0 Å². The molecule has 0 bridgehead atoms. The van der Waals surface area contributed by atoms with Gasteiger partial charge in [0.05, 0.1) is 5.02 Å². The normalized spacial score (nSPS) is 14.1. The zero-order chi connectivity index (χ0) is 21.1. The maximum Gasteiger partial charge on any atom is 0.321 e. The molecule has 1 aromatic heterocycles. The molecule has 1 fully saturated rings. The molecule has 0 radical (unpaired) electrons. The van der Waals surface area contributed by atoms with E-state index in [0.717, 1.165) is 11.0 Å². The second kappa shape index (κ2) is 8.97. The lowest BCUT2D eigenvalue weighted by Crippen LogP contribution is -2.50. The molecule has 2 amide bonds. The minimum Gasteiger partial charge on any atom is -0.343 e. The van der Waals surface area contributed by atoms with Gasteiger partial charge in [0.1, 0.15) is 11.6 Å². The van der Waals surface area contributed by atoms with Crippen molar-refractivity contribution < 1.29 is 9.18 Å². The summed E-state index contributed by atoms with van der Waals surface area (Å²) in [7, 11) is 0. The number of aromatic nitrogens is 2. The van der Waals surface area contributed by atoms with Crippen LogP contribution < -0.4 is 10.2 Å². The second-order valence-corrected chi connectivity index (χ2v) is 8.33. The topological polar surface area (TPSA) is 61.4 Å². The zero-order valence-electron chi connectivity index (χ0n) is 16.4. The zero-order valence-corrected chi connectivity index (χ0v) is 18.0. The lowest BCUT2D eigenvalue weighted by atomic mass is 10.1. The summed E-state index contributed by atoms with van der Waals surface area (Å²) in [4.78, 5) is 21.0. The van der Waals surface area contributed by atoms with Crippen molar-refractivity contribution in [2.45, 2.75) is 13.3 Å². The standard InChI is InChI=1S/C21H21ClFN5OS/c1-14-2-4-15(5-3-14)12-19-25-21(30-26-19)28-10-8-27(9-11-28)20(29)24-16-6-7-18(23)17(22)13-16/h2-7,13H,8-12H2,1H3,(H,24,29). The number of nitrogens with one attached hydrogen (secondary N) is 1. The number of amides is 2. The summed E-state index contributed by atoms with van der Waals surface area (Å²) in [6, 6.07) is 12.3. The number of aryl methyl sites for hydroxylation is 1. The number of hydrogen-bond donors (Lipinski definition) is 1. The Morgan fingerprint density at radius 3 is 2.60 bits per heavy atom. The SMILES string of the molecule is Cc1ccc(Cc2nsc(N3CCN(C(=O)Nc4ccc(F)c(Cl)c4)CC3)n2)cc1. The van der Waals surface area contributed by atoms with E-state index in [1.54, 1.807) is 4.90 Å². The summed E-state index contributed by atoms with van der Waals surface area (Å²) >= 11 is 7.16. The molecule has 30 heavy (non-hydrogen) atoms. The van der Waals surface area contributed by atoms with Crippen LogP contribution in [0.1, 0.15) is 17.0 Å².